The van der Waals surface area contributed by atoms with Crippen LogP contribution in [-0.4, -0.2) is 42.4 Å². The van der Waals surface area contributed by atoms with Gasteiger partial charge in [-0.15, -0.1) is 0 Å². The number of rotatable bonds is 3. The third-order valence-electron chi connectivity index (χ3n) is 4.28. The maximum Gasteiger partial charge on any atom is 0.0777 e. The molecule has 3 rings (SSSR count). The molecule has 3 nitrogen and oxygen atoms in total. The summed E-state index contributed by atoms with van der Waals surface area (Å²) in [7, 11) is 2.03. The fraction of sp³-hybridized carbons (Fsp3) is 0.600. The van der Waals surface area contributed by atoms with Crippen LogP contribution in [0.5, 0.6) is 0 Å². The number of ether oxygens (including phenoxy) is 1. The van der Waals surface area contributed by atoms with Gasteiger partial charge in [-0.2, -0.15) is 0 Å². The number of fused-ring (bicyclic) bond motifs is 1. The standard InChI is InChI=1S/C15H19Cl2NO2/c1-18(8-10-3-2-4-20-10)15-12-5-9(16)6-13(17)11(12)7-14(15)19/h5-6,10,14-15,19H,2-4,7-8H2,1H3/t10-,14-,15+/m0/s1. The van der Waals surface area contributed by atoms with Crippen LogP contribution in [0, 0.1) is 0 Å². The van der Waals surface area contributed by atoms with Gasteiger partial charge < -0.3 is 9.84 Å². The van der Waals surface area contributed by atoms with Gasteiger partial charge in [0.1, 0.15) is 0 Å². The van der Waals surface area contributed by atoms with Gasteiger partial charge >= 0.3 is 0 Å². The molecule has 0 amide bonds. The molecule has 0 unspecified atom stereocenters. The third-order valence-corrected chi connectivity index (χ3v) is 4.84. The summed E-state index contributed by atoms with van der Waals surface area (Å²) in [5.41, 5.74) is 2.07. The van der Waals surface area contributed by atoms with Gasteiger partial charge in [0.25, 0.3) is 0 Å². The van der Waals surface area contributed by atoms with Crippen LogP contribution in [0.3, 0.4) is 0 Å². The third kappa shape index (κ3) is 2.70. The lowest BCUT2D eigenvalue weighted by Gasteiger charge is -2.30. The number of aliphatic hydroxyl groups is 1. The molecule has 0 spiro atoms. The van der Waals surface area contributed by atoms with Crippen LogP contribution in [0.4, 0.5) is 0 Å². The molecule has 1 heterocycles. The van der Waals surface area contributed by atoms with E-state index >= 15 is 0 Å². The zero-order valence-corrected chi connectivity index (χ0v) is 13.0. The number of hydrogen-bond donors (Lipinski definition) is 1. The molecule has 1 aliphatic carbocycles. The lowest BCUT2D eigenvalue weighted by Crippen LogP contribution is -2.36. The van der Waals surface area contributed by atoms with E-state index in [1.807, 2.05) is 13.1 Å². The van der Waals surface area contributed by atoms with Crippen molar-refractivity contribution in [2.45, 2.75) is 37.5 Å². The normalized spacial score (nSPS) is 29.1. The van der Waals surface area contributed by atoms with Gasteiger partial charge in [0, 0.05) is 29.6 Å². The zero-order valence-electron chi connectivity index (χ0n) is 11.5. The van der Waals surface area contributed by atoms with Crippen molar-refractivity contribution < 1.29 is 9.84 Å². The molecule has 1 saturated heterocycles. The second kappa shape index (κ2) is 5.82. The fourth-order valence-corrected chi connectivity index (χ4v) is 3.97. The molecule has 5 heteroatoms. The number of halogens is 2. The van der Waals surface area contributed by atoms with E-state index in [1.165, 1.54) is 0 Å². The fourth-order valence-electron chi connectivity index (χ4n) is 3.38. The van der Waals surface area contributed by atoms with Crippen LogP contribution in [0.15, 0.2) is 12.1 Å². The largest absolute Gasteiger partial charge is 0.391 e. The van der Waals surface area contributed by atoms with Crippen molar-refractivity contribution in [1.29, 1.82) is 0 Å². The van der Waals surface area contributed by atoms with Crippen molar-refractivity contribution >= 4 is 23.2 Å². The minimum absolute atomic E-state index is 0.0506. The monoisotopic (exact) mass is 315 g/mol. The number of hydrogen-bond acceptors (Lipinski definition) is 3. The Morgan fingerprint density at radius 3 is 2.90 bits per heavy atom. The SMILES string of the molecule is CN(C[C@@H]1CCCO1)[C@@H]1c2cc(Cl)cc(Cl)c2C[C@@H]1O. The van der Waals surface area contributed by atoms with E-state index in [1.54, 1.807) is 6.07 Å². The second-order valence-electron chi connectivity index (χ2n) is 5.75. The van der Waals surface area contributed by atoms with Crippen molar-refractivity contribution in [3.63, 3.8) is 0 Å². The van der Waals surface area contributed by atoms with E-state index < -0.39 is 6.10 Å². The Kier molecular flexibility index (Phi) is 4.25. The van der Waals surface area contributed by atoms with Crippen LogP contribution in [-0.2, 0) is 11.2 Å². The van der Waals surface area contributed by atoms with E-state index in [4.69, 9.17) is 27.9 Å². The Bertz CT molecular complexity index is 503. The first-order valence-corrected chi connectivity index (χ1v) is 7.79. The highest BCUT2D eigenvalue weighted by molar-refractivity contribution is 6.35. The highest BCUT2D eigenvalue weighted by Crippen LogP contribution is 2.41. The summed E-state index contributed by atoms with van der Waals surface area (Å²) < 4.78 is 5.68. The molecule has 1 aromatic rings. The Morgan fingerprint density at radius 1 is 1.40 bits per heavy atom. The summed E-state index contributed by atoms with van der Waals surface area (Å²) in [6, 6.07) is 3.62. The van der Waals surface area contributed by atoms with Crippen molar-refractivity contribution in [3.8, 4) is 0 Å². The number of benzene rings is 1. The van der Waals surface area contributed by atoms with Gasteiger partial charge in [0.15, 0.2) is 0 Å². The van der Waals surface area contributed by atoms with E-state index in [-0.39, 0.29) is 12.1 Å². The van der Waals surface area contributed by atoms with E-state index in [0.29, 0.717) is 16.5 Å². The molecule has 1 fully saturated rings. The zero-order chi connectivity index (χ0) is 14.3. The Morgan fingerprint density at radius 2 is 2.20 bits per heavy atom. The lowest BCUT2D eigenvalue weighted by molar-refractivity contribution is 0.0307. The van der Waals surface area contributed by atoms with Crippen LogP contribution in [0.2, 0.25) is 10.0 Å². The van der Waals surface area contributed by atoms with Gasteiger partial charge in [-0.3, -0.25) is 4.90 Å². The Balaban J connectivity index is 1.83. The second-order valence-corrected chi connectivity index (χ2v) is 6.59. The summed E-state index contributed by atoms with van der Waals surface area (Å²) in [6.45, 7) is 1.67. The lowest BCUT2D eigenvalue weighted by atomic mass is 10.1. The molecule has 0 bridgehead atoms. The summed E-state index contributed by atoms with van der Waals surface area (Å²) in [5, 5.41) is 11.7. The first-order valence-electron chi connectivity index (χ1n) is 7.04. The van der Waals surface area contributed by atoms with Gasteiger partial charge in [-0.1, -0.05) is 23.2 Å². The molecule has 20 heavy (non-hydrogen) atoms. The predicted molar refractivity (Wildman–Crippen MR) is 80.5 cm³/mol. The quantitative estimate of drug-likeness (QED) is 0.930. The minimum Gasteiger partial charge on any atom is -0.391 e. The Hall–Kier alpha value is -0.320. The van der Waals surface area contributed by atoms with Crippen molar-refractivity contribution in [1.82, 2.24) is 4.90 Å². The maximum absolute atomic E-state index is 10.4. The molecular weight excluding hydrogens is 297 g/mol. The van der Waals surface area contributed by atoms with Gasteiger partial charge in [-0.25, -0.2) is 0 Å². The highest BCUT2D eigenvalue weighted by atomic mass is 35.5. The molecule has 0 radical (unpaired) electrons. The van der Waals surface area contributed by atoms with Crippen LogP contribution in [0.1, 0.15) is 30.0 Å². The van der Waals surface area contributed by atoms with Crippen LogP contribution < -0.4 is 0 Å². The maximum atomic E-state index is 10.4. The molecule has 1 aliphatic heterocycles. The minimum atomic E-state index is -0.438. The molecular formula is C15H19Cl2NO2. The van der Waals surface area contributed by atoms with Crippen molar-refractivity contribution in [3.05, 3.63) is 33.3 Å². The summed E-state index contributed by atoms with van der Waals surface area (Å²) in [5.74, 6) is 0. The highest BCUT2D eigenvalue weighted by Gasteiger charge is 2.36. The molecule has 3 atom stereocenters. The molecule has 2 aliphatic rings. The topological polar surface area (TPSA) is 32.7 Å². The van der Waals surface area contributed by atoms with Gasteiger partial charge in [0.05, 0.1) is 18.2 Å². The predicted octanol–water partition coefficient (Wildman–Crippen LogP) is 3.06. The first kappa shape index (κ1) is 14.6. The molecule has 110 valence electrons. The molecule has 1 aromatic carbocycles. The molecule has 0 aromatic heterocycles. The summed E-state index contributed by atoms with van der Waals surface area (Å²) >= 11 is 12.3. The Labute approximate surface area is 129 Å². The van der Waals surface area contributed by atoms with Crippen LogP contribution in [0.25, 0.3) is 0 Å². The van der Waals surface area contributed by atoms with E-state index in [0.717, 1.165) is 37.1 Å². The first-order chi connectivity index (χ1) is 9.56. The smallest absolute Gasteiger partial charge is 0.0777 e. The van der Waals surface area contributed by atoms with Crippen LogP contribution >= 0.6 is 23.2 Å². The van der Waals surface area contributed by atoms with Gasteiger partial charge in [-0.05, 0) is 43.1 Å². The van der Waals surface area contributed by atoms with Crippen molar-refractivity contribution in [2.75, 3.05) is 20.2 Å². The van der Waals surface area contributed by atoms with E-state index in [9.17, 15) is 5.11 Å². The number of likely N-dealkylation sites (N-methyl/N-ethyl adjacent to an activating group) is 1. The van der Waals surface area contributed by atoms with Crippen molar-refractivity contribution in [2.24, 2.45) is 0 Å². The molecule has 1 N–H and O–H groups in total. The van der Waals surface area contributed by atoms with E-state index in [2.05, 4.69) is 4.90 Å². The summed E-state index contributed by atoms with van der Waals surface area (Å²) in [6.07, 6.45) is 2.64. The average molecular weight is 316 g/mol. The van der Waals surface area contributed by atoms with Gasteiger partial charge in [0.2, 0.25) is 0 Å². The summed E-state index contributed by atoms with van der Waals surface area (Å²) in [4.78, 5) is 2.17. The average Bonchev–Trinajstić information content (AvgIpc) is 2.96. The molecule has 0 saturated carbocycles. The number of nitrogens with zero attached hydrogens (tertiary/aromatic N) is 1. The number of aliphatic hydroxyl groups excluding tert-OH is 1.